The van der Waals surface area contributed by atoms with Crippen LogP contribution in [0.1, 0.15) is 5.56 Å². The number of hydrogen-bond donors (Lipinski definition) is 0. The maximum atomic E-state index is 4.04. The van der Waals surface area contributed by atoms with Crippen LogP contribution in [0, 0.1) is 0 Å². The van der Waals surface area contributed by atoms with Crippen LogP contribution in [0.3, 0.4) is 0 Å². The van der Waals surface area contributed by atoms with Gasteiger partial charge in [0.15, 0.2) is 0 Å². The molecule has 7 rings (SSSR count). The molecule has 0 nitrogen and oxygen atoms in total. The first-order chi connectivity index (χ1) is 21.7. The molecule has 0 saturated heterocycles. The van der Waals surface area contributed by atoms with Gasteiger partial charge in [0.2, 0.25) is 0 Å². The topological polar surface area (TPSA) is 0 Å². The smallest absolute Gasteiger partial charge is 0.00262 e. The van der Waals surface area contributed by atoms with Crippen LogP contribution in [0.15, 0.2) is 183 Å². The van der Waals surface area contributed by atoms with Crippen LogP contribution in [-0.2, 0) is 0 Å². The lowest BCUT2D eigenvalue weighted by molar-refractivity contribution is 1.58. The van der Waals surface area contributed by atoms with Gasteiger partial charge in [-0.2, -0.15) is 0 Å². The lowest BCUT2D eigenvalue weighted by Crippen LogP contribution is -1.92. The molecule has 0 fully saturated rings. The fourth-order valence-electron chi connectivity index (χ4n) is 6.38. The molecule has 0 aliphatic carbocycles. The Bertz CT molecular complexity index is 2140. The van der Waals surface area contributed by atoms with Gasteiger partial charge >= 0.3 is 0 Å². The van der Waals surface area contributed by atoms with Crippen molar-refractivity contribution < 1.29 is 0 Å². The van der Waals surface area contributed by atoms with Gasteiger partial charge in [0.05, 0.1) is 0 Å². The molecule has 7 aromatic rings. The Morgan fingerprint density at radius 2 is 0.795 bits per heavy atom. The minimum atomic E-state index is 1.06. The zero-order valence-corrected chi connectivity index (χ0v) is 24.6. The van der Waals surface area contributed by atoms with E-state index in [-0.39, 0.29) is 0 Å². The van der Waals surface area contributed by atoms with Crippen molar-refractivity contribution in [1.82, 2.24) is 0 Å². The third kappa shape index (κ3) is 4.97. The first kappa shape index (κ1) is 27.1. The van der Waals surface area contributed by atoms with Crippen molar-refractivity contribution in [3.8, 4) is 44.5 Å². The van der Waals surface area contributed by atoms with E-state index < -0.39 is 0 Å². The van der Waals surface area contributed by atoms with E-state index in [1.165, 1.54) is 66.1 Å². The summed E-state index contributed by atoms with van der Waals surface area (Å²) < 4.78 is 0. The van der Waals surface area contributed by atoms with Crippen molar-refractivity contribution in [1.29, 1.82) is 0 Å². The number of allylic oxidation sites excluding steroid dienone is 4. The van der Waals surface area contributed by atoms with Gasteiger partial charge in [0.1, 0.15) is 0 Å². The van der Waals surface area contributed by atoms with Crippen LogP contribution in [0.5, 0.6) is 0 Å². The molecule has 208 valence electrons. The first-order valence-corrected chi connectivity index (χ1v) is 15.0. The van der Waals surface area contributed by atoms with Crippen molar-refractivity contribution >= 4 is 27.1 Å². The predicted molar refractivity (Wildman–Crippen MR) is 192 cm³/mol. The molecule has 44 heavy (non-hydrogen) atoms. The molecule has 0 unspecified atom stereocenters. The quantitative estimate of drug-likeness (QED) is 0.134. The molecule has 0 aromatic heterocycles. The molecule has 0 bridgehead atoms. The van der Waals surface area contributed by atoms with E-state index in [0.717, 1.165) is 11.1 Å². The summed E-state index contributed by atoms with van der Waals surface area (Å²) in [6, 6.07) is 54.8. The van der Waals surface area contributed by atoms with Gasteiger partial charge in [0, 0.05) is 0 Å². The monoisotopic (exact) mass is 560 g/mol. The van der Waals surface area contributed by atoms with E-state index in [0.29, 0.717) is 0 Å². The maximum absolute atomic E-state index is 4.04. The van der Waals surface area contributed by atoms with Crippen molar-refractivity contribution in [3.63, 3.8) is 0 Å². The Kier molecular flexibility index (Phi) is 7.32. The van der Waals surface area contributed by atoms with E-state index in [1.807, 2.05) is 18.2 Å². The van der Waals surface area contributed by atoms with E-state index in [2.05, 4.69) is 165 Å². The minimum Gasteiger partial charge on any atom is -0.0990 e. The number of benzene rings is 7. The van der Waals surface area contributed by atoms with Crippen LogP contribution in [0.25, 0.3) is 71.6 Å². The standard InChI is InChI=1S/C44H32/c1-3-15-31(4-2)33-18-13-22-37(29-33)43-39-24-8-10-26-41(39)44(42-27-11-9-25-40(42)43)38-23-14-21-36(30-38)35-20-12-19-34(28-35)32-16-6-5-7-17-32/h3-30H,1-2H2/b31-15+. The normalized spacial score (nSPS) is 11.5. The third-order valence-electron chi connectivity index (χ3n) is 8.39. The first-order valence-electron chi connectivity index (χ1n) is 15.0. The third-order valence-corrected chi connectivity index (χ3v) is 8.39. The van der Waals surface area contributed by atoms with Crippen LogP contribution in [0.2, 0.25) is 0 Å². The van der Waals surface area contributed by atoms with Crippen LogP contribution in [-0.4, -0.2) is 0 Å². The molecular formula is C44H32. The zero-order chi connectivity index (χ0) is 29.9. The molecule has 7 aromatic carbocycles. The molecule has 0 spiro atoms. The zero-order valence-electron chi connectivity index (χ0n) is 24.6. The van der Waals surface area contributed by atoms with Crippen molar-refractivity contribution in [2.75, 3.05) is 0 Å². The summed E-state index contributed by atoms with van der Waals surface area (Å²) in [7, 11) is 0. The summed E-state index contributed by atoms with van der Waals surface area (Å²) in [6.45, 7) is 7.93. The fraction of sp³-hybridized carbons (Fsp3) is 0. The highest BCUT2D eigenvalue weighted by molar-refractivity contribution is 6.21. The summed E-state index contributed by atoms with van der Waals surface area (Å²) >= 11 is 0. The molecule has 0 aliphatic rings. The average Bonchev–Trinajstić information content (AvgIpc) is 3.10. The molecule has 0 radical (unpaired) electrons. The fourth-order valence-corrected chi connectivity index (χ4v) is 6.38. The summed E-state index contributed by atoms with van der Waals surface area (Å²) in [6.07, 6.45) is 5.71. The van der Waals surface area contributed by atoms with Gasteiger partial charge in [-0.1, -0.05) is 165 Å². The summed E-state index contributed by atoms with van der Waals surface area (Å²) in [4.78, 5) is 0. The van der Waals surface area contributed by atoms with Crippen molar-refractivity contribution in [2.45, 2.75) is 0 Å². The van der Waals surface area contributed by atoms with E-state index >= 15 is 0 Å². The molecular weight excluding hydrogens is 528 g/mol. The van der Waals surface area contributed by atoms with Crippen molar-refractivity contribution in [3.05, 3.63) is 189 Å². The highest BCUT2D eigenvalue weighted by Gasteiger charge is 2.17. The van der Waals surface area contributed by atoms with Crippen LogP contribution >= 0.6 is 0 Å². The minimum absolute atomic E-state index is 1.06. The summed E-state index contributed by atoms with van der Waals surface area (Å²) in [5.41, 5.74) is 11.9. The van der Waals surface area contributed by atoms with Gasteiger partial charge in [-0.15, -0.1) is 0 Å². The van der Waals surface area contributed by atoms with Crippen LogP contribution < -0.4 is 0 Å². The second-order valence-electron chi connectivity index (χ2n) is 11.0. The molecule has 0 saturated carbocycles. The van der Waals surface area contributed by atoms with E-state index in [1.54, 1.807) is 0 Å². The molecule has 0 heteroatoms. The van der Waals surface area contributed by atoms with E-state index in [9.17, 15) is 0 Å². The maximum Gasteiger partial charge on any atom is -0.00262 e. The summed E-state index contributed by atoms with van der Waals surface area (Å²) in [5, 5.41) is 4.96. The Morgan fingerprint density at radius 3 is 1.32 bits per heavy atom. The molecule has 0 heterocycles. The largest absolute Gasteiger partial charge is 0.0990 e. The van der Waals surface area contributed by atoms with Crippen LogP contribution in [0.4, 0.5) is 0 Å². The Labute approximate surface area is 259 Å². The van der Waals surface area contributed by atoms with E-state index in [4.69, 9.17) is 0 Å². The Hall–Kier alpha value is -5.72. The lowest BCUT2D eigenvalue weighted by Gasteiger charge is -2.18. The van der Waals surface area contributed by atoms with Gasteiger partial charge in [-0.25, -0.2) is 0 Å². The second kappa shape index (κ2) is 11.9. The number of hydrogen-bond acceptors (Lipinski definition) is 0. The van der Waals surface area contributed by atoms with Gasteiger partial charge in [-0.3, -0.25) is 0 Å². The highest BCUT2D eigenvalue weighted by Crippen LogP contribution is 2.44. The second-order valence-corrected chi connectivity index (χ2v) is 11.0. The predicted octanol–water partition coefficient (Wildman–Crippen LogP) is 12.4. The highest BCUT2D eigenvalue weighted by atomic mass is 14.2. The molecule has 0 aliphatic heterocycles. The molecule has 0 amide bonds. The van der Waals surface area contributed by atoms with Gasteiger partial charge < -0.3 is 0 Å². The molecule has 0 atom stereocenters. The molecule has 0 N–H and O–H groups in total. The number of fused-ring (bicyclic) bond motifs is 2. The average molecular weight is 561 g/mol. The van der Waals surface area contributed by atoms with Crippen molar-refractivity contribution in [2.24, 2.45) is 0 Å². The van der Waals surface area contributed by atoms with Gasteiger partial charge in [0.25, 0.3) is 0 Å². The van der Waals surface area contributed by atoms with Gasteiger partial charge in [-0.05, 0) is 95.4 Å². The summed E-state index contributed by atoms with van der Waals surface area (Å²) in [5.74, 6) is 0. The lowest BCUT2D eigenvalue weighted by atomic mass is 9.85. The Balaban J connectivity index is 1.44. The Morgan fingerprint density at radius 1 is 0.386 bits per heavy atom. The number of rotatable bonds is 7. The SMILES string of the molecule is C=C/C=C(\C=C)c1cccc(-c2c3ccccc3c(-c3cccc(-c4cccc(-c5ccccc5)c4)c3)c3ccccc23)c1.